The van der Waals surface area contributed by atoms with Gasteiger partial charge in [-0.2, -0.15) is 0 Å². The molecular weight excluding hydrogens is 338 g/mol. The van der Waals surface area contributed by atoms with E-state index in [2.05, 4.69) is 15.9 Å². The molecule has 0 fully saturated rings. The molecule has 102 valence electrons. The lowest BCUT2D eigenvalue weighted by Crippen LogP contribution is -2.11. The number of hydrogen-bond donors (Lipinski definition) is 1. The number of rotatable bonds is 2. The summed E-state index contributed by atoms with van der Waals surface area (Å²) in [5.41, 5.74) is 9.12. The van der Waals surface area contributed by atoms with Crippen molar-refractivity contribution >= 4 is 38.5 Å². The minimum Gasteiger partial charge on any atom is -0.459 e. The molecule has 0 aliphatic heterocycles. The predicted molar refractivity (Wildman–Crippen MR) is 86.1 cm³/mol. The maximum absolute atomic E-state index is 6.29. The van der Waals surface area contributed by atoms with E-state index in [-0.39, 0.29) is 6.04 Å². The van der Waals surface area contributed by atoms with Gasteiger partial charge in [-0.25, -0.2) is 0 Å². The molecule has 1 atom stereocenters. The van der Waals surface area contributed by atoms with Crippen LogP contribution < -0.4 is 5.73 Å². The second-order valence-electron chi connectivity index (χ2n) is 4.79. The number of nitrogens with two attached hydrogens (primary N) is 1. The summed E-state index contributed by atoms with van der Waals surface area (Å²) in [6.45, 7) is 2.02. The van der Waals surface area contributed by atoms with Gasteiger partial charge in [-0.15, -0.1) is 0 Å². The van der Waals surface area contributed by atoms with Crippen molar-refractivity contribution in [2.24, 2.45) is 5.73 Å². The van der Waals surface area contributed by atoms with Crippen LogP contribution in [0, 0.1) is 6.92 Å². The highest BCUT2D eigenvalue weighted by Crippen LogP contribution is 2.32. The van der Waals surface area contributed by atoms with Gasteiger partial charge in [0.05, 0.1) is 6.04 Å². The largest absolute Gasteiger partial charge is 0.459 e. The van der Waals surface area contributed by atoms with Crippen LogP contribution in [-0.4, -0.2) is 0 Å². The molecule has 0 spiro atoms. The Morgan fingerprint density at radius 1 is 1.20 bits per heavy atom. The Morgan fingerprint density at radius 2 is 2.00 bits per heavy atom. The molecule has 1 unspecified atom stereocenters. The van der Waals surface area contributed by atoms with Crippen LogP contribution in [0.3, 0.4) is 0 Å². The zero-order chi connectivity index (χ0) is 14.3. The number of aryl methyl sites for hydroxylation is 1. The number of para-hydroxylation sites is 1. The van der Waals surface area contributed by atoms with Crippen molar-refractivity contribution in [2.45, 2.75) is 13.0 Å². The molecule has 2 nitrogen and oxygen atoms in total. The van der Waals surface area contributed by atoms with Crippen molar-refractivity contribution in [3.8, 4) is 0 Å². The van der Waals surface area contributed by atoms with E-state index in [0.717, 1.165) is 32.3 Å². The first kappa shape index (κ1) is 13.7. The highest BCUT2D eigenvalue weighted by atomic mass is 79.9. The van der Waals surface area contributed by atoms with Crippen molar-refractivity contribution in [1.29, 1.82) is 0 Å². The molecule has 0 aliphatic rings. The Bertz CT molecular complexity index is 781. The van der Waals surface area contributed by atoms with Gasteiger partial charge in [0.2, 0.25) is 0 Å². The smallest absolute Gasteiger partial charge is 0.137 e. The average molecular weight is 351 g/mol. The van der Waals surface area contributed by atoms with E-state index in [4.69, 9.17) is 21.8 Å². The van der Waals surface area contributed by atoms with E-state index in [1.807, 2.05) is 49.4 Å². The Kier molecular flexibility index (Phi) is 3.59. The van der Waals surface area contributed by atoms with E-state index in [9.17, 15) is 0 Å². The number of benzene rings is 2. The Morgan fingerprint density at radius 3 is 2.70 bits per heavy atom. The van der Waals surface area contributed by atoms with Crippen molar-refractivity contribution < 1.29 is 4.42 Å². The third-order valence-electron chi connectivity index (χ3n) is 3.36. The first-order chi connectivity index (χ1) is 9.56. The lowest BCUT2D eigenvalue weighted by atomic mass is 10.1. The summed E-state index contributed by atoms with van der Waals surface area (Å²) in [5, 5.41) is 1.69. The fourth-order valence-electron chi connectivity index (χ4n) is 2.29. The zero-order valence-electron chi connectivity index (χ0n) is 10.9. The first-order valence-electron chi connectivity index (χ1n) is 6.26. The molecule has 0 aliphatic carbocycles. The molecule has 3 aromatic rings. The topological polar surface area (TPSA) is 39.2 Å². The number of fused-ring (bicyclic) bond motifs is 1. The SMILES string of the molecule is Cc1cccc2cc(C(N)c3ccc(Br)cc3Cl)oc12. The highest BCUT2D eigenvalue weighted by molar-refractivity contribution is 9.10. The van der Waals surface area contributed by atoms with Gasteiger partial charge in [-0.3, -0.25) is 0 Å². The zero-order valence-corrected chi connectivity index (χ0v) is 13.2. The third kappa shape index (κ3) is 2.37. The van der Waals surface area contributed by atoms with E-state index in [1.165, 1.54) is 0 Å². The summed E-state index contributed by atoms with van der Waals surface area (Å²) in [6, 6.07) is 13.3. The molecule has 2 aromatic carbocycles. The second kappa shape index (κ2) is 5.24. The monoisotopic (exact) mass is 349 g/mol. The van der Waals surface area contributed by atoms with Crippen molar-refractivity contribution in [3.63, 3.8) is 0 Å². The van der Waals surface area contributed by atoms with E-state index in [1.54, 1.807) is 0 Å². The fourth-order valence-corrected chi connectivity index (χ4v) is 3.08. The third-order valence-corrected chi connectivity index (χ3v) is 4.18. The molecule has 0 bridgehead atoms. The molecule has 1 heterocycles. The minimum absolute atomic E-state index is 0.373. The summed E-state index contributed by atoms with van der Waals surface area (Å²) >= 11 is 9.64. The minimum atomic E-state index is -0.373. The van der Waals surface area contributed by atoms with E-state index < -0.39 is 0 Å². The molecule has 0 radical (unpaired) electrons. The van der Waals surface area contributed by atoms with Crippen molar-refractivity contribution in [2.75, 3.05) is 0 Å². The number of halogens is 2. The van der Waals surface area contributed by atoms with Gasteiger partial charge in [0.1, 0.15) is 11.3 Å². The lowest BCUT2D eigenvalue weighted by Gasteiger charge is -2.11. The standard InChI is InChI=1S/C16H13BrClNO/c1-9-3-2-4-10-7-14(20-16(9)10)15(19)12-6-5-11(17)8-13(12)18/h2-8,15H,19H2,1H3. The average Bonchev–Trinajstić information content (AvgIpc) is 2.83. The number of hydrogen-bond acceptors (Lipinski definition) is 2. The van der Waals surface area contributed by atoms with E-state index >= 15 is 0 Å². The van der Waals surface area contributed by atoms with Crippen LogP contribution in [0.1, 0.15) is 22.9 Å². The molecule has 0 amide bonds. The Labute approximate surface area is 130 Å². The van der Waals surface area contributed by atoms with Gasteiger partial charge in [-0.1, -0.05) is 51.8 Å². The van der Waals surface area contributed by atoms with Crippen LogP contribution in [0.5, 0.6) is 0 Å². The van der Waals surface area contributed by atoms with Crippen LogP contribution in [0.4, 0.5) is 0 Å². The maximum Gasteiger partial charge on any atom is 0.137 e. The summed E-state index contributed by atoms with van der Waals surface area (Å²) in [7, 11) is 0. The van der Waals surface area contributed by atoms with Gasteiger partial charge in [-0.05, 0) is 36.2 Å². The van der Waals surface area contributed by atoms with Gasteiger partial charge in [0.15, 0.2) is 0 Å². The van der Waals surface area contributed by atoms with Crippen molar-refractivity contribution in [3.05, 3.63) is 68.8 Å². The molecule has 3 rings (SSSR count). The van der Waals surface area contributed by atoms with Crippen LogP contribution in [-0.2, 0) is 0 Å². The fraction of sp³-hybridized carbons (Fsp3) is 0.125. The molecule has 1 aromatic heterocycles. The van der Waals surface area contributed by atoms with Crippen LogP contribution >= 0.6 is 27.5 Å². The van der Waals surface area contributed by atoms with Gasteiger partial charge >= 0.3 is 0 Å². The van der Waals surface area contributed by atoms with Gasteiger partial charge in [0, 0.05) is 14.9 Å². The number of furan rings is 1. The molecule has 4 heteroatoms. The quantitative estimate of drug-likeness (QED) is 0.689. The molecule has 20 heavy (non-hydrogen) atoms. The predicted octanol–water partition coefficient (Wildman–Crippen LogP) is 5.21. The van der Waals surface area contributed by atoms with Crippen LogP contribution in [0.25, 0.3) is 11.0 Å². The molecule has 0 saturated carbocycles. The molecule has 2 N–H and O–H groups in total. The molecule has 0 saturated heterocycles. The van der Waals surface area contributed by atoms with Crippen LogP contribution in [0.15, 0.2) is 51.4 Å². The summed E-state index contributed by atoms with van der Waals surface area (Å²) in [4.78, 5) is 0. The second-order valence-corrected chi connectivity index (χ2v) is 6.11. The van der Waals surface area contributed by atoms with Crippen molar-refractivity contribution in [1.82, 2.24) is 0 Å². The highest BCUT2D eigenvalue weighted by Gasteiger charge is 2.17. The Balaban J connectivity index is 2.08. The normalized spacial score (nSPS) is 12.8. The Hall–Kier alpha value is -1.29. The van der Waals surface area contributed by atoms with Gasteiger partial charge in [0.25, 0.3) is 0 Å². The summed E-state index contributed by atoms with van der Waals surface area (Å²) < 4.78 is 6.83. The van der Waals surface area contributed by atoms with Crippen LogP contribution in [0.2, 0.25) is 5.02 Å². The first-order valence-corrected chi connectivity index (χ1v) is 7.43. The van der Waals surface area contributed by atoms with Gasteiger partial charge < -0.3 is 10.2 Å². The lowest BCUT2D eigenvalue weighted by molar-refractivity contribution is 0.523. The molecular formula is C16H13BrClNO. The van der Waals surface area contributed by atoms with E-state index in [0.29, 0.717) is 5.02 Å². The maximum atomic E-state index is 6.29. The summed E-state index contributed by atoms with van der Waals surface area (Å²) in [5.74, 6) is 0.721. The summed E-state index contributed by atoms with van der Waals surface area (Å²) in [6.07, 6.45) is 0.